The van der Waals surface area contributed by atoms with Crippen molar-refractivity contribution < 1.29 is 164 Å². The molecule has 14 aromatic rings. The van der Waals surface area contributed by atoms with Crippen molar-refractivity contribution in [2.24, 2.45) is 16.6 Å². The van der Waals surface area contributed by atoms with Crippen molar-refractivity contribution in [3.05, 3.63) is 229 Å². The number of nitrogens with one attached hydrogen (secondary N) is 2. The van der Waals surface area contributed by atoms with E-state index in [0.29, 0.717) is 127 Å². The molecule has 2 saturated carbocycles. The van der Waals surface area contributed by atoms with E-state index < -0.39 is 121 Å². The number of rotatable bonds is 39. The van der Waals surface area contributed by atoms with Gasteiger partial charge in [-0.15, -0.1) is 4.63 Å². The third-order valence-electron chi connectivity index (χ3n) is 19.3. The molecule has 9 heterocycles. The van der Waals surface area contributed by atoms with Gasteiger partial charge in [0, 0.05) is 50.6 Å². The number of hydrogen-bond donors (Lipinski definition) is 7. The molecule has 0 radical (unpaired) electrons. The van der Waals surface area contributed by atoms with Crippen LogP contribution in [0.15, 0.2) is 179 Å². The van der Waals surface area contributed by atoms with E-state index in [1.54, 1.807) is 12.1 Å². The van der Waals surface area contributed by atoms with E-state index in [-0.39, 0.29) is 176 Å². The molecule has 2 aliphatic carbocycles. The number of halogens is 13. The van der Waals surface area contributed by atoms with E-state index >= 15 is 0 Å². The van der Waals surface area contributed by atoms with Gasteiger partial charge in [-0.25, -0.2) is 117 Å². The Bertz CT molecular complexity index is 7670. The Labute approximate surface area is 921 Å². The number of oxime groups is 1. The van der Waals surface area contributed by atoms with Crippen LogP contribution in [-0.2, 0) is 90.7 Å². The van der Waals surface area contributed by atoms with E-state index in [0.717, 1.165) is 50.0 Å². The maximum absolute atomic E-state index is 13.6. The average Bonchev–Trinajstić information content (AvgIpc) is 1.65. The van der Waals surface area contributed by atoms with E-state index in [4.69, 9.17) is 61.8 Å². The number of nitrogens with two attached hydrogens (primary N) is 2. The number of aryl methyl sites for hydroxylation is 4. The number of aromatic nitrogens is 18. The van der Waals surface area contributed by atoms with Crippen LogP contribution in [0.5, 0.6) is 0 Å². The molecule has 9 aromatic heterocycles. The fourth-order valence-corrected chi connectivity index (χ4v) is 19.0. The minimum absolute atomic E-state index is 0. The Balaban J connectivity index is 0.000000245. The van der Waals surface area contributed by atoms with Crippen molar-refractivity contribution in [3.8, 4) is 68.8 Å². The van der Waals surface area contributed by atoms with E-state index in [9.17, 15) is 98.5 Å². The van der Waals surface area contributed by atoms with Gasteiger partial charge in [-0.2, -0.15) is 16.8 Å². The Kier molecular flexibility index (Phi) is 50.3. The van der Waals surface area contributed by atoms with Crippen LogP contribution in [0.3, 0.4) is 0 Å². The number of unbranched alkanes of at least 4 members (excludes halogenated alkanes) is 4. The molecule has 16 rings (SSSR count). The Morgan fingerprint density at radius 1 is 0.453 bits per heavy atom. The van der Waals surface area contributed by atoms with Crippen LogP contribution in [0, 0.1) is 39.2 Å². The van der Waals surface area contributed by atoms with Crippen LogP contribution >= 0.6 is 112 Å². The van der Waals surface area contributed by atoms with E-state index in [2.05, 4.69) is 203 Å². The molecule has 74 heteroatoms. The van der Waals surface area contributed by atoms with Gasteiger partial charge < -0.3 is 32.3 Å². The van der Waals surface area contributed by atoms with Gasteiger partial charge in [0.1, 0.15) is 57.6 Å². The second-order valence-electron chi connectivity index (χ2n) is 30.1. The van der Waals surface area contributed by atoms with Crippen LogP contribution in [0.1, 0.15) is 118 Å². The summed E-state index contributed by atoms with van der Waals surface area (Å²) in [6.07, 6.45) is 8.77. The first-order valence-corrected chi connectivity index (χ1v) is 57.7. The zero-order valence-electron chi connectivity index (χ0n) is 76.7. The van der Waals surface area contributed by atoms with Crippen LogP contribution < -0.4 is 73.5 Å². The van der Waals surface area contributed by atoms with Crippen molar-refractivity contribution in [2.45, 2.75) is 128 Å². The predicted octanol–water partition coefficient (Wildman–Crippen LogP) is 7.99. The fraction of sp³-hybridized carbons (Fsp3) is 0.355. The van der Waals surface area contributed by atoms with Crippen molar-refractivity contribution in [3.63, 3.8) is 0 Å². The molecule has 0 unspecified atom stereocenters. The zero-order valence-corrected chi connectivity index (χ0v) is 93.7. The third kappa shape index (κ3) is 39.5. The van der Waals surface area contributed by atoms with Gasteiger partial charge in [-0.3, -0.25) is 27.2 Å². The van der Waals surface area contributed by atoms with E-state index in [1.165, 1.54) is 79.8 Å². The first kappa shape index (κ1) is 127. The molecule has 0 atom stereocenters. The SMILES string of the molecule is CN.NCCCS(=O)(=O)O.O=S(=O)(CCCCc1nonc1/C(Cc1ccc(F)c(Br)c1)=N/O)NC1CC1.O=S(Cl)Cl.O=c1onc(-c2nonc2CCCCS(=O)(=O)Cl)n1-c1ccc(F)c(Br)c1.O=c1onc(-c2nonc2CCCCS(=O)(=O)NC2CC2)n1-c1ccc(F)c(Br)c1.O=c1onc(-c2nonc2CCCCS(=O)(=O)O)n1-c1ccc(F)c(Br)c1.O=c1onc(-c2nonc2[N+](=O)[O-])n1-c1ccc(F)c(Br)c1.[Na+].[OH-]. The summed E-state index contributed by atoms with van der Waals surface area (Å²) >= 11 is 15.3. The smallest absolute Gasteiger partial charge is 0.870 e. The maximum Gasteiger partial charge on any atom is 1.00 e. The molecule has 5 aromatic carbocycles. The van der Waals surface area contributed by atoms with Gasteiger partial charge in [0.15, 0.2) is 27.9 Å². The number of benzene rings is 5. The number of nitro groups is 1. The molecule has 10 N–H and O–H groups in total. The van der Waals surface area contributed by atoms with Crippen LogP contribution in [0.2, 0.25) is 0 Å². The number of hydrogen-bond acceptors (Lipinski definition) is 45. The minimum Gasteiger partial charge on any atom is -0.870 e. The first-order valence-electron chi connectivity index (χ1n) is 41.9. The van der Waals surface area contributed by atoms with Crippen LogP contribution in [0.25, 0.3) is 68.8 Å². The molecule has 0 saturated heterocycles. The second-order valence-corrected chi connectivity index (χ2v) is 46.7. The monoisotopic (exact) mass is 2620 g/mol. The van der Waals surface area contributed by atoms with Gasteiger partial charge in [0.05, 0.1) is 73.9 Å². The molecular formula is C76H78Br5Cl3F5N24NaO30S6. The standard InChI is InChI=1S/C17H17BrFN5O5S.C17H20BrFN4O4S.C14H11BrClFN4O5S.C14H12BrFN4O6S.C10H3BrFN5O5.C3H9NO3S.CH5N.Cl2OS.Na.H2O/c18-12-9-11(6-7-13(12)19)24-16(22-28-17(24)25)15-14(20-29-21-15)3-1-2-8-30(26,27)23-10-4-5-10;18-13-9-11(4-7-14(13)19)10-16(20-24)17-15(21-27-22-17)3-1-2-8-28(25,26)23-12-5-6-12;15-9-7-8(4-5-10(9)17)21-13(20-25-14(21)22)12-11(18-26-19-12)3-1-2-6-27(16,23)24;15-9-7-8(4-5-10(9)16)20-13(19-25-14(20)21)12-11(17-26-18-12)3-1-2-6-27(22,23)24;11-5-3-4(1-2-6(5)12)16-8(14-21-10(16)18)7-9(17(19)20)15-22-13-7;4-2-1-3-8(5,6)7;1-2;1-4(2)3;;/h6-7,9-10,23H,1-5,8H2;4,7,9,12,23-24H,1-3,5-6,8,10H2;4-5,7H,1-3,6H2;4-5,7H,1-3,6H2,(H,22,23,24);1-3H;1-4H2,(H,5,6,7);2H2,1H3;;;1H2/q;;;;;;;;+1;/p-1/b;20-16+;;;;;;;;. The summed E-state index contributed by atoms with van der Waals surface area (Å²) < 4.78 is 256. The second kappa shape index (κ2) is 59.4. The zero-order chi connectivity index (χ0) is 109. The van der Waals surface area contributed by atoms with Gasteiger partial charge in [0.25, 0.3) is 25.9 Å². The summed E-state index contributed by atoms with van der Waals surface area (Å²) in [5.41, 5.74) is 13.5. The normalized spacial score (nSPS) is 12.4. The Morgan fingerprint density at radius 3 is 1.04 bits per heavy atom. The summed E-state index contributed by atoms with van der Waals surface area (Å²) in [5, 5.41) is 74.8. The summed E-state index contributed by atoms with van der Waals surface area (Å²) in [6.45, 7) is 0.291. The van der Waals surface area contributed by atoms with Crippen LogP contribution in [0.4, 0.5) is 27.8 Å². The van der Waals surface area contributed by atoms with Crippen molar-refractivity contribution in [1.29, 1.82) is 0 Å². The van der Waals surface area contributed by atoms with Crippen molar-refractivity contribution in [1.82, 2.24) is 99.9 Å². The van der Waals surface area contributed by atoms with Gasteiger partial charge in [-0.05, 0) is 324 Å². The summed E-state index contributed by atoms with van der Waals surface area (Å²) in [6, 6.07) is 20.1. The van der Waals surface area contributed by atoms with E-state index in [1.807, 2.05) is 0 Å². The molecule has 0 aliphatic heterocycles. The average molecular weight is 2620 g/mol. The fourth-order valence-electron chi connectivity index (χ4n) is 12.3. The molecular weight excluding hydrogens is 2550 g/mol. The molecule has 150 heavy (non-hydrogen) atoms. The molecule has 2 fully saturated rings. The number of sulfonamides is 2. The van der Waals surface area contributed by atoms with Crippen molar-refractivity contribution in [2.75, 3.05) is 42.4 Å². The molecule has 54 nitrogen and oxygen atoms in total. The third-order valence-corrected chi connectivity index (χ3v) is 28.2. The Morgan fingerprint density at radius 2 is 0.740 bits per heavy atom. The quantitative estimate of drug-likeness (QED) is 0.00221. The van der Waals surface area contributed by atoms with Gasteiger partial charge in [-0.1, -0.05) is 52.5 Å². The summed E-state index contributed by atoms with van der Waals surface area (Å²) in [7, 11) is -3.88. The van der Waals surface area contributed by atoms with Crippen LogP contribution in [-0.4, -0.2) is 222 Å². The Hall–Kier alpha value is -10.0. The molecule has 810 valence electrons. The largest absolute Gasteiger partial charge is 1.00 e. The topological polar surface area (TPSA) is 797 Å². The number of nitrogens with zero attached hydrogens (tertiary/aromatic N) is 20. The summed E-state index contributed by atoms with van der Waals surface area (Å²) in [4.78, 5) is 58.1. The molecule has 0 bridgehead atoms. The first-order chi connectivity index (χ1) is 70.0. The molecule has 2 aliphatic rings. The minimum atomic E-state index is -4.04. The molecule has 0 spiro atoms. The van der Waals surface area contributed by atoms with Crippen molar-refractivity contribution >= 4 is 182 Å². The van der Waals surface area contributed by atoms with Gasteiger partial charge in [0.2, 0.25) is 61.6 Å². The maximum atomic E-state index is 13.6. The summed E-state index contributed by atoms with van der Waals surface area (Å²) in [5.74, 6) is -7.43. The van der Waals surface area contributed by atoms with Gasteiger partial charge >= 0.3 is 58.4 Å². The predicted molar refractivity (Wildman–Crippen MR) is 529 cm³/mol. The molecule has 0 amide bonds.